The van der Waals surface area contributed by atoms with Crippen molar-refractivity contribution in [1.29, 1.82) is 0 Å². The van der Waals surface area contributed by atoms with Crippen LogP contribution in [0.1, 0.15) is 57.9 Å². The number of amides is 8. The lowest BCUT2D eigenvalue weighted by molar-refractivity contribution is -0.141. The molecule has 1 aliphatic heterocycles. The van der Waals surface area contributed by atoms with Crippen LogP contribution >= 0.6 is 0 Å². The Morgan fingerprint density at radius 1 is 0.851 bits per heavy atom. The van der Waals surface area contributed by atoms with Crippen molar-refractivity contribution in [2.45, 2.75) is 71.1 Å². The van der Waals surface area contributed by atoms with Gasteiger partial charge in [0.15, 0.2) is 0 Å². The number of benzene rings is 1. The number of imide groups is 1. The molecule has 0 saturated heterocycles. The van der Waals surface area contributed by atoms with Crippen LogP contribution in [0, 0.1) is 5.92 Å². The predicted molar refractivity (Wildman–Crippen MR) is 169 cm³/mol. The van der Waals surface area contributed by atoms with E-state index in [1.807, 2.05) is 0 Å². The fourth-order valence-corrected chi connectivity index (χ4v) is 4.47. The van der Waals surface area contributed by atoms with Crippen LogP contribution in [0.2, 0.25) is 0 Å². The maximum absolute atomic E-state index is 13.3. The summed E-state index contributed by atoms with van der Waals surface area (Å²) < 4.78 is 4.71. The summed E-state index contributed by atoms with van der Waals surface area (Å²) in [5.41, 5.74) is 6.27. The SMILES string of the molecule is CC(C)[C@H](NC(=O)CCCCCNC(=O)CN1C(=O)C=CC1=O)C(=O)N[C@@H](CCCNC(N)=O)C(=O)Nc1ccc(COC=O)cc1. The summed E-state index contributed by atoms with van der Waals surface area (Å²) in [6, 6.07) is 3.94. The summed E-state index contributed by atoms with van der Waals surface area (Å²) in [7, 11) is 0. The van der Waals surface area contributed by atoms with Crippen LogP contribution in [0.25, 0.3) is 0 Å². The van der Waals surface area contributed by atoms with E-state index in [1.165, 1.54) is 0 Å². The van der Waals surface area contributed by atoms with Gasteiger partial charge in [-0.1, -0.05) is 32.4 Å². The van der Waals surface area contributed by atoms with Gasteiger partial charge in [-0.2, -0.15) is 0 Å². The molecule has 16 heteroatoms. The number of hydrogen-bond acceptors (Lipinski definition) is 9. The van der Waals surface area contributed by atoms with Crippen molar-refractivity contribution in [3.05, 3.63) is 42.0 Å². The second kappa shape index (κ2) is 20.0. The molecule has 0 aliphatic carbocycles. The van der Waals surface area contributed by atoms with Crippen LogP contribution in [0.15, 0.2) is 36.4 Å². The van der Waals surface area contributed by atoms with Gasteiger partial charge in [0.05, 0.1) is 0 Å². The average molecular weight is 658 g/mol. The maximum atomic E-state index is 13.3. The number of hydrogen-bond donors (Lipinski definition) is 6. The van der Waals surface area contributed by atoms with Gasteiger partial charge in [0.25, 0.3) is 18.3 Å². The van der Waals surface area contributed by atoms with Crippen LogP contribution in [0.3, 0.4) is 0 Å². The van der Waals surface area contributed by atoms with Gasteiger partial charge in [0.2, 0.25) is 23.6 Å². The van der Waals surface area contributed by atoms with Crippen LogP contribution in [0.5, 0.6) is 0 Å². The third-order valence-electron chi connectivity index (χ3n) is 7.01. The van der Waals surface area contributed by atoms with E-state index in [0.29, 0.717) is 50.0 Å². The first kappa shape index (κ1) is 37.9. The van der Waals surface area contributed by atoms with E-state index in [2.05, 4.69) is 26.6 Å². The molecule has 47 heavy (non-hydrogen) atoms. The summed E-state index contributed by atoms with van der Waals surface area (Å²) in [5, 5.41) is 13.3. The molecule has 0 spiro atoms. The summed E-state index contributed by atoms with van der Waals surface area (Å²) in [6.07, 6.45) is 4.48. The van der Waals surface area contributed by atoms with Crippen molar-refractivity contribution in [2.75, 3.05) is 25.0 Å². The predicted octanol–water partition coefficient (Wildman–Crippen LogP) is -0.0262. The number of primary amides is 1. The molecule has 1 aliphatic rings. The molecule has 0 unspecified atom stereocenters. The molecule has 0 radical (unpaired) electrons. The largest absolute Gasteiger partial charge is 0.463 e. The summed E-state index contributed by atoms with van der Waals surface area (Å²) in [6.45, 7) is 4.06. The van der Waals surface area contributed by atoms with Crippen molar-refractivity contribution in [3.63, 3.8) is 0 Å². The van der Waals surface area contributed by atoms with Gasteiger partial charge in [-0.15, -0.1) is 0 Å². The Hall–Kier alpha value is -5.28. The van der Waals surface area contributed by atoms with Crippen molar-refractivity contribution in [3.8, 4) is 0 Å². The van der Waals surface area contributed by atoms with Crippen LogP contribution < -0.4 is 32.3 Å². The van der Waals surface area contributed by atoms with Gasteiger partial charge in [-0.05, 0) is 49.3 Å². The van der Waals surface area contributed by atoms with Crippen LogP contribution in [-0.2, 0) is 44.9 Å². The van der Waals surface area contributed by atoms with Gasteiger partial charge >= 0.3 is 6.03 Å². The zero-order chi connectivity index (χ0) is 34.8. The quantitative estimate of drug-likeness (QED) is 0.0591. The first-order chi connectivity index (χ1) is 22.4. The van der Waals surface area contributed by atoms with E-state index in [-0.39, 0.29) is 44.4 Å². The monoisotopic (exact) mass is 657 g/mol. The van der Waals surface area contributed by atoms with E-state index >= 15 is 0 Å². The molecule has 8 amide bonds. The zero-order valence-corrected chi connectivity index (χ0v) is 26.5. The molecule has 2 rings (SSSR count). The molecule has 0 fully saturated rings. The van der Waals surface area contributed by atoms with E-state index in [4.69, 9.17) is 10.5 Å². The molecule has 16 nitrogen and oxygen atoms in total. The first-order valence-electron chi connectivity index (χ1n) is 15.3. The lowest BCUT2D eigenvalue weighted by Crippen LogP contribution is -2.54. The van der Waals surface area contributed by atoms with Gasteiger partial charge < -0.3 is 37.1 Å². The number of anilines is 1. The third-order valence-corrected chi connectivity index (χ3v) is 7.01. The Morgan fingerprint density at radius 2 is 1.51 bits per heavy atom. The molecule has 1 aromatic rings. The second-order valence-corrected chi connectivity index (χ2v) is 11.1. The fourth-order valence-electron chi connectivity index (χ4n) is 4.47. The Bertz CT molecular complexity index is 1300. The van der Waals surface area contributed by atoms with Crippen molar-refractivity contribution in [1.82, 2.24) is 26.2 Å². The Balaban J connectivity index is 1.85. The van der Waals surface area contributed by atoms with Gasteiger partial charge in [0.1, 0.15) is 25.2 Å². The molecular weight excluding hydrogens is 614 g/mol. The average Bonchev–Trinajstić information content (AvgIpc) is 3.34. The Labute approximate surface area is 272 Å². The second-order valence-electron chi connectivity index (χ2n) is 11.1. The van der Waals surface area contributed by atoms with Crippen molar-refractivity contribution >= 4 is 53.6 Å². The van der Waals surface area contributed by atoms with Gasteiger partial charge in [-0.25, -0.2) is 4.79 Å². The molecule has 1 aromatic carbocycles. The molecule has 256 valence electrons. The highest BCUT2D eigenvalue weighted by Gasteiger charge is 2.29. The lowest BCUT2D eigenvalue weighted by atomic mass is 10.0. The van der Waals surface area contributed by atoms with E-state index in [1.54, 1.807) is 38.1 Å². The standard InChI is InChI=1S/C31H43N7O9/c1-20(2)28(37-24(40)8-4-3-5-15-33-25(41)17-38-26(42)13-14-27(38)43)30(45)36-23(7-6-16-34-31(32)46)29(44)35-22-11-9-21(10-12-22)18-47-19-39/h9-14,19-20,23,28H,3-8,15-18H2,1-2H3,(H,33,41)(H,35,44)(H,36,45)(H,37,40)(H3,32,34,46)/t23-,28-/m0/s1. The molecular formula is C31H43N7O9. The van der Waals surface area contributed by atoms with Crippen molar-refractivity contribution < 1.29 is 43.1 Å². The smallest absolute Gasteiger partial charge is 0.312 e. The van der Waals surface area contributed by atoms with Gasteiger partial charge in [0, 0.05) is 37.3 Å². The molecule has 0 saturated carbocycles. The number of ether oxygens (including phenoxy) is 1. The van der Waals surface area contributed by atoms with Gasteiger partial charge in [-0.3, -0.25) is 38.5 Å². The highest BCUT2D eigenvalue weighted by atomic mass is 16.5. The molecule has 7 N–H and O–H groups in total. The number of unbranched alkanes of at least 4 members (excludes halogenated alkanes) is 2. The number of carbonyl (C=O) groups is 8. The normalized spacial score (nSPS) is 13.5. The summed E-state index contributed by atoms with van der Waals surface area (Å²) in [5.74, 6) is -3.25. The maximum Gasteiger partial charge on any atom is 0.312 e. The molecule has 2 atom stereocenters. The van der Waals surface area contributed by atoms with E-state index in [0.717, 1.165) is 17.1 Å². The topological polar surface area (TPSA) is 235 Å². The number of rotatable bonds is 21. The van der Waals surface area contributed by atoms with Crippen LogP contribution in [0.4, 0.5) is 10.5 Å². The minimum Gasteiger partial charge on any atom is -0.463 e. The number of nitrogens with two attached hydrogens (primary N) is 1. The molecule has 0 aromatic heterocycles. The number of carbonyl (C=O) groups excluding carboxylic acids is 8. The van der Waals surface area contributed by atoms with E-state index in [9.17, 15) is 38.4 Å². The number of nitrogens with one attached hydrogen (secondary N) is 5. The molecule has 0 bridgehead atoms. The highest BCUT2D eigenvalue weighted by molar-refractivity contribution is 6.14. The Morgan fingerprint density at radius 3 is 2.13 bits per heavy atom. The number of urea groups is 1. The molecule has 1 heterocycles. The minimum atomic E-state index is -0.999. The minimum absolute atomic E-state index is 0.0785. The fraction of sp³-hybridized carbons (Fsp3) is 0.484. The lowest BCUT2D eigenvalue weighted by Gasteiger charge is -2.25. The van der Waals surface area contributed by atoms with Crippen molar-refractivity contribution in [2.24, 2.45) is 11.7 Å². The highest BCUT2D eigenvalue weighted by Crippen LogP contribution is 2.13. The summed E-state index contributed by atoms with van der Waals surface area (Å²) >= 11 is 0. The van der Waals surface area contributed by atoms with E-state index < -0.39 is 47.7 Å². The Kier molecular flexibility index (Phi) is 16.1. The van der Waals surface area contributed by atoms with Crippen LogP contribution in [-0.4, -0.2) is 84.6 Å². The zero-order valence-electron chi connectivity index (χ0n) is 26.5. The first-order valence-corrected chi connectivity index (χ1v) is 15.3. The number of nitrogens with zero attached hydrogens (tertiary/aromatic N) is 1. The third kappa shape index (κ3) is 14.1. The summed E-state index contributed by atoms with van der Waals surface area (Å²) in [4.78, 5) is 96.5.